The van der Waals surface area contributed by atoms with E-state index in [1.54, 1.807) is 13.8 Å². The van der Waals surface area contributed by atoms with Crippen LogP contribution in [-0.4, -0.2) is 19.9 Å². The Morgan fingerprint density at radius 2 is 2.05 bits per heavy atom. The first-order chi connectivity index (χ1) is 9.90. The van der Waals surface area contributed by atoms with Crippen molar-refractivity contribution in [2.75, 3.05) is 10.8 Å². The van der Waals surface area contributed by atoms with Crippen molar-refractivity contribution in [3.8, 4) is 0 Å². The number of aromatic nitrogens is 1. The van der Waals surface area contributed by atoms with Crippen molar-refractivity contribution in [2.24, 2.45) is 0 Å². The molecule has 0 saturated carbocycles. The minimum absolute atomic E-state index is 0.0129. The van der Waals surface area contributed by atoms with Crippen molar-refractivity contribution in [3.63, 3.8) is 0 Å². The second-order valence-electron chi connectivity index (χ2n) is 4.28. The van der Waals surface area contributed by atoms with E-state index in [1.165, 1.54) is 18.2 Å². The van der Waals surface area contributed by atoms with Crippen molar-refractivity contribution in [2.45, 2.75) is 24.5 Å². The van der Waals surface area contributed by atoms with Crippen LogP contribution in [0.1, 0.15) is 19.5 Å². The van der Waals surface area contributed by atoms with Gasteiger partial charge < -0.3 is 4.98 Å². The molecule has 0 fully saturated rings. The van der Waals surface area contributed by atoms with Crippen LogP contribution in [0.15, 0.2) is 33.3 Å². The second-order valence-corrected chi connectivity index (χ2v) is 7.32. The largest absolute Gasteiger partial charge is 0.315 e. The molecule has 8 heteroatoms. The van der Waals surface area contributed by atoms with Gasteiger partial charge in [0.25, 0.3) is 10.0 Å². The van der Waals surface area contributed by atoms with Gasteiger partial charge >= 0.3 is 4.87 Å². The van der Waals surface area contributed by atoms with Gasteiger partial charge in [0.05, 0.1) is 5.69 Å². The van der Waals surface area contributed by atoms with Crippen LogP contribution >= 0.6 is 11.3 Å². The zero-order chi connectivity index (χ0) is 15.6. The third kappa shape index (κ3) is 3.01. The molecule has 0 aliphatic heterocycles. The van der Waals surface area contributed by atoms with Crippen molar-refractivity contribution in [1.29, 1.82) is 0 Å². The average molecular weight is 330 g/mol. The third-order valence-corrected chi connectivity index (χ3v) is 6.31. The fourth-order valence-corrected chi connectivity index (χ4v) is 5.03. The topological polar surface area (TPSA) is 70.2 Å². The van der Waals surface area contributed by atoms with E-state index < -0.39 is 20.7 Å². The maximum Gasteiger partial charge on any atom is 0.306 e. The molecule has 0 spiro atoms. The van der Waals surface area contributed by atoms with E-state index in [-0.39, 0.29) is 16.4 Å². The fraction of sp³-hybridized carbons (Fsp3) is 0.308. The molecule has 0 atom stereocenters. The minimum Gasteiger partial charge on any atom is -0.315 e. The molecule has 1 N–H and O–H groups in total. The molecular formula is C13H15FN2O3S2. The molecule has 21 heavy (non-hydrogen) atoms. The second kappa shape index (κ2) is 5.98. The highest BCUT2D eigenvalue weighted by atomic mass is 32.2. The van der Waals surface area contributed by atoms with Crippen LogP contribution in [0.25, 0.3) is 0 Å². The normalized spacial score (nSPS) is 11.6. The molecule has 0 bridgehead atoms. The molecule has 0 radical (unpaired) electrons. The lowest BCUT2D eigenvalue weighted by molar-refractivity contribution is 0.592. The monoisotopic (exact) mass is 330 g/mol. The van der Waals surface area contributed by atoms with Crippen LogP contribution in [0.2, 0.25) is 0 Å². The van der Waals surface area contributed by atoms with Crippen LogP contribution in [0.4, 0.5) is 10.1 Å². The summed E-state index contributed by atoms with van der Waals surface area (Å²) in [5.41, 5.74) is 0.611. The number of H-pyrrole nitrogens is 1. The number of thiazole rings is 1. The number of rotatable bonds is 5. The molecule has 0 unspecified atom stereocenters. The first kappa shape index (κ1) is 15.7. The lowest BCUT2D eigenvalue weighted by Gasteiger charge is -2.22. The molecule has 2 rings (SSSR count). The first-order valence-electron chi connectivity index (χ1n) is 6.40. The van der Waals surface area contributed by atoms with Gasteiger partial charge in [-0.1, -0.05) is 24.3 Å². The highest BCUT2D eigenvalue weighted by Crippen LogP contribution is 2.27. The number of anilines is 1. The van der Waals surface area contributed by atoms with E-state index in [1.807, 2.05) is 0 Å². The Balaban J connectivity index is 2.57. The molecule has 0 aliphatic rings. The van der Waals surface area contributed by atoms with Crippen molar-refractivity contribution < 1.29 is 12.8 Å². The Labute approximate surface area is 126 Å². The summed E-state index contributed by atoms with van der Waals surface area (Å²) in [6.07, 6.45) is 0.397. The molecule has 1 aromatic heterocycles. The van der Waals surface area contributed by atoms with Gasteiger partial charge in [0.15, 0.2) is 4.21 Å². The summed E-state index contributed by atoms with van der Waals surface area (Å²) < 4.78 is 39.9. The van der Waals surface area contributed by atoms with Crippen LogP contribution < -0.4 is 9.18 Å². The van der Waals surface area contributed by atoms with E-state index in [0.717, 1.165) is 10.4 Å². The SMILES string of the molecule is CCc1[nH]c(=O)sc1S(=O)(=O)N(CC)c1cccc(F)c1. The summed E-state index contributed by atoms with van der Waals surface area (Å²) in [4.78, 5) is 13.5. The van der Waals surface area contributed by atoms with Crippen molar-refractivity contribution >= 4 is 27.0 Å². The lowest BCUT2D eigenvalue weighted by atomic mass is 10.3. The molecule has 1 aromatic carbocycles. The van der Waals surface area contributed by atoms with Gasteiger partial charge in [0.2, 0.25) is 0 Å². The van der Waals surface area contributed by atoms with E-state index in [9.17, 15) is 17.6 Å². The average Bonchev–Trinajstić information content (AvgIpc) is 2.81. The maximum atomic E-state index is 13.3. The van der Waals surface area contributed by atoms with Crippen molar-refractivity contribution in [1.82, 2.24) is 4.98 Å². The van der Waals surface area contributed by atoms with Crippen LogP contribution in [0.5, 0.6) is 0 Å². The van der Waals surface area contributed by atoms with Gasteiger partial charge in [0, 0.05) is 12.2 Å². The molecular weight excluding hydrogens is 315 g/mol. The highest BCUT2D eigenvalue weighted by Gasteiger charge is 2.28. The highest BCUT2D eigenvalue weighted by molar-refractivity contribution is 7.94. The van der Waals surface area contributed by atoms with Crippen molar-refractivity contribution in [3.05, 3.63) is 45.4 Å². The molecule has 2 aromatic rings. The summed E-state index contributed by atoms with van der Waals surface area (Å²) in [7, 11) is -3.89. The Morgan fingerprint density at radius 1 is 1.33 bits per heavy atom. The standard InChI is InChI=1S/C13H15FN2O3S2/c1-3-11-12(20-13(17)15-11)21(18,19)16(4-2)10-7-5-6-9(14)8-10/h5-8H,3-4H2,1-2H3,(H,15,17). The van der Waals surface area contributed by atoms with E-state index in [4.69, 9.17) is 0 Å². The van der Waals surface area contributed by atoms with Gasteiger partial charge in [-0.25, -0.2) is 12.8 Å². The van der Waals surface area contributed by atoms with Gasteiger partial charge in [-0.15, -0.1) is 0 Å². The molecule has 114 valence electrons. The minimum atomic E-state index is -3.89. The number of aryl methyl sites for hydroxylation is 1. The fourth-order valence-electron chi connectivity index (χ4n) is 2.01. The van der Waals surface area contributed by atoms with E-state index in [2.05, 4.69) is 4.98 Å². The predicted molar refractivity (Wildman–Crippen MR) is 80.9 cm³/mol. The van der Waals surface area contributed by atoms with Crippen LogP contribution in [0.3, 0.4) is 0 Å². The summed E-state index contributed by atoms with van der Waals surface area (Å²) >= 11 is 0.654. The number of sulfonamides is 1. The molecule has 5 nitrogen and oxygen atoms in total. The quantitative estimate of drug-likeness (QED) is 0.915. The number of hydrogen-bond donors (Lipinski definition) is 1. The summed E-state index contributed by atoms with van der Waals surface area (Å²) in [5.74, 6) is -0.515. The molecule has 0 amide bonds. The van der Waals surface area contributed by atoms with E-state index >= 15 is 0 Å². The number of benzene rings is 1. The number of nitrogens with one attached hydrogen (secondary N) is 1. The number of aromatic amines is 1. The summed E-state index contributed by atoms with van der Waals surface area (Å²) in [6.45, 7) is 3.56. The van der Waals surface area contributed by atoms with Gasteiger partial charge in [-0.05, 0) is 31.5 Å². The number of nitrogens with zero attached hydrogens (tertiary/aromatic N) is 1. The predicted octanol–water partition coefficient (Wildman–Crippen LogP) is 2.35. The number of halogens is 1. The number of hydrogen-bond acceptors (Lipinski definition) is 4. The van der Waals surface area contributed by atoms with E-state index in [0.29, 0.717) is 23.5 Å². The molecule has 0 saturated heterocycles. The Morgan fingerprint density at radius 3 is 2.62 bits per heavy atom. The first-order valence-corrected chi connectivity index (χ1v) is 8.66. The zero-order valence-corrected chi connectivity index (χ0v) is 13.2. The van der Waals surface area contributed by atoms with Gasteiger partial charge in [-0.3, -0.25) is 9.10 Å². The van der Waals surface area contributed by atoms with Crippen LogP contribution in [-0.2, 0) is 16.4 Å². The van der Waals surface area contributed by atoms with Gasteiger partial charge in [-0.2, -0.15) is 0 Å². The van der Waals surface area contributed by atoms with Crippen LogP contribution in [0, 0.1) is 5.82 Å². The summed E-state index contributed by atoms with van der Waals surface area (Å²) in [5, 5.41) is 0. The van der Waals surface area contributed by atoms with Gasteiger partial charge in [0.1, 0.15) is 5.82 Å². The maximum absolute atomic E-state index is 13.3. The Bertz CT molecular complexity index is 796. The Hall–Kier alpha value is -1.67. The lowest BCUT2D eigenvalue weighted by Crippen LogP contribution is -2.30. The zero-order valence-electron chi connectivity index (χ0n) is 11.6. The molecule has 1 heterocycles. The molecule has 0 aliphatic carbocycles. The summed E-state index contributed by atoms with van der Waals surface area (Å²) in [6, 6.07) is 5.37. The smallest absolute Gasteiger partial charge is 0.306 e. The Kier molecular flexibility index (Phi) is 4.48. The third-order valence-electron chi connectivity index (χ3n) is 2.95.